The fourth-order valence-electron chi connectivity index (χ4n) is 3.13. The van der Waals surface area contributed by atoms with Crippen molar-refractivity contribution in [3.05, 3.63) is 65.7 Å². The van der Waals surface area contributed by atoms with Gasteiger partial charge in [-0.2, -0.15) is 8.78 Å². The lowest BCUT2D eigenvalue weighted by molar-refractivity contribution is -0.187. The molecule has 2 aromatic carbocycles. The average molecular weight is 515 g/mol. The van der Waals surface area contributed by atoms with E-state index < -0.39 is 12.0 Å². The Kier molecular flexibility index (Phi) is 6.13. The highest BCUT2D eigenvalue weighted by Gasteiger charge is 2.42. The van der Waals surface area contributed by atoms with Gasteiger partial charge < -0.3 is 4.74 Å². The standard InChI is InChI=1S/C21H16F2N8O2S2/c1-30-19(27-28-29-30)31-16-10-6-5-9-15(16)25-20(31)35-12-13-11-34-18(24-13)26-17(32)21(22,23)33-14-7-3-2-4-8-14/h2-11H,12H2,1H3,(H,24,26,32). The number of anilines is 1. The number of fused-ring (bicyclic) bond motifs is 1. The molecule has 0 spiro atoms. The van der Waals surface area contributed by atoms with Crippen LogP contribution in [0.1, 0.15) is 5.69 Å². The fraction of sp³-hybridized carbons (Fsp3) is 0.143. The summed E-state index contributed by atoms with van der Waals surface area (Å²) >= 11 is 2.41. The summed E-state index contributed by atoms with van der Waals surface area (Å²) in [7, 11) is 1.73. The molecular formula is C21H16F2N8O2S2. The number of aryl methyl sites for hydroxylation is 1. The number of para-hydroxylation sites is 3. The van der Waals surface area contributed by atoms with Crippen LogP contribution >= 0.6 is 23.1 Å². The molecule has 0 aliphatic rings. The Labute approximate surface area is 205 Å². The number of thioether (sulfide) groups is 1. The zero-order chi connectivity index (χ0) is 24.4. The van der Waals surface area contributed by atoms with Crippen LogP contribution in [0.2, 0.25) is 0 Å². The molecule has 3 heterocycles. The number of alkyl halides is 2. The van der Waals surface area contributed by atoms with E-state index in [-0.39, 0.29) is 10.9 Å². The summed E-state index contributed by atoms with van der Waals surface area (Å²) in [4.78, 5) is 21.0. The summed E-state index contributed by atoms with van der Waals surface area (Å²) in [5.74, 6) is -0.859. The highest BCUT2D eigenvalue weighted by molar-refractivity contribution is 7.98. The Hall–Kier alpha value is -3.91. The zero-order valence-electron chi connectivity index (χ0n) is 18.0. The summed E-state index contributed by atoms with van der Waals surface area (Å²) < 4.78 is 36.3. The highest BCUT2D eigenvalue weighted by Crippen LogP contribution is 2.30. The molecule has 0 fully saturated rings. The van der Waals surface area contributed by atoms with Crippen LogP contribution in [0.25, 0.3) is 17.0 Å². The third-order valence-electron chi connectivity index (χ3n) is 4.70. The van der Waals surface area contributed by atoms with Crippen LogP contribution in [0.5, 0.6) is 5.75 Å². The van der Waals surface area contributed by atoms with E-state index >= 15 is 0 Å². The number of tetrazole rings is 1. The second-order valence-electron chi connectivity index (χ2n) is 7.14. The van der Waals surface area contributed by atoms with Crippen molar-refractivity contribution in [2.45, 2.75) is 17.0 Å². The maximum absolute atomic E-state index is 14.2. The summed E-state index contributed by atoms with van der Waals surface area (Å²) in [6, 6.07) is 15.0. The Morgan fingerprint density at radius 1 is 1.14 bits per heavy atom. The predicted molar refractivity (Wildman–Crippen MR) is 126 cm³/mol. The molecule has 0 atom stereocenters. The number of benzene rings is 2. The third-order valence-corrected chi connectivity index (χ3v) is 6.48. The number of hydrogen-bond acceptors (Lipinski definition) is 9. The number of amides is 1. The number of nitrogens with zero attached hydrogens (tertiary/aromatic N) is 7. The number of carbonyl (C=O) groups excluding carboxylic acids is 1. The second kappa shape index (κ2) is 9.38. The SMILES string of the molecule is Cn1nnnc1-n1c(SCc2csc(NC(=O)C(F)(F)Oc3ccccc3)n2)nc2ccccc21. The molecule has 0 saturated carbocycles. The van der Waals surface area contributed by atoms with Crippen LogP contribution < -0.4 is 10.1 Å². The van der Waals surface area contributed by atoms with Crippen molar-refractivity contribution in [3.8, 4) is 11.7 Å². The maximum atomic E-state index is 14.2. The van der Waals surface area contributed by atoms with Crippen LogP contribution in [0, 0.1) is 0 Å². The van der Waals surface area contributed by atoms with Gasteiger partial charge in [0.2, 0.25) is 0 Å². The van der Waals surface area contributed by atoms with Crippen LogP contribution in [0.4, 0.5) is 13.9 Å². The van der Waals surface area contributed by atoms with Gasteiger partial charge in [-0.05, 0) is 34.7 Å². The van der Waals surface area contributed by atoms with E-state index in [9.17, 15) is 13.6 Å². The fourth-order valence-corrected chi connectivity index (χ4v) is 4.84. The Morgan fingerprint density at radius 2 is 1.91 bits per heavy atom. The van der Waals surface area contributed by atoms with Gasteiger partial charge in [0, 0.05) is 18.2 Å². The zero-order valence-corrected chi connectivity index (χ0v) is 19.6. The monoisotopic (exact) mass is 514 g/mol. The summed E-state index contributed by atoms with van der Waals surface area (Å²) in [5, 5.41) is 16.1. The first-order valence-electron chi connectivity index (χ1n) is 10.1. The molecule has 178 valence electrons. The molecule has 5 aromatic rings. The van der Waals surface area contributed by atoms with Crippen molar-refractivity contribution in [2.24, 2.45) is 7.05 Å². The van der Waals surface area contributed by atoms with Gasteiger partial charge in [-0.3, -0.25) is 14.7 Å². The molecule has 0 radical (unpaired) electrons. The van der Waals surface area contributed by atoms with Gasteiger partial charge in [-0.15, -0.1) is 11.3 Å². The first kappa shape index (κ1) is 22.9. The number of ether oxygens (including phenoxy) is 1. The molecule has 3 aromatic heterocycles. The number of halogens is 2. The third kappa shape index (κ3) is 4.83. The minimum atomic E-state index is -4.06. The molecular weight excluding hydrogens is 498 g/mol. The molecule has 1 amide bonds. The summed E-state index contributed by atoms with van der Waals surface area (Å²) in [6.45, 7) is 0. The van der Waals surface area contributed by atoms with Crippen molar-refractivity contribution in [1.29, 1.82) is 0 Å². The van der Waals surface area contributed by atoms with Crippen molar-refractivity contribution < 1.29 is 18.3 Å². The predicted octanol–water partition coefficient (Wildman–Crippen LogP) is 3.91. The number of thiazole rings is 1. The Morgan fingerprint density at radius 3 is 2.69 bits per heavy atom. The van der Waals surface area contributed by atoms with Crippen molar-refractivity contribution in [3.63, 3.8) is 0 Å². The van der Waals surface area contributed by atoms with Crippen LogP contribution in [0.3, 0.4) is 0 Å². The molecule has 0 aliphatic heterocycles. The van der Waals surface area contributed by atoms with Gasteiger partial charge in [-0.1, -0.05) is 47.2 Å². The number of aromatic nitrogens is 7. The van der Waals surface area contributed by atoms with Gasteiger partial charge in [-0.25, -0.2) is 14.6 Å². The summed E-state index contributed by atoms with van der Waals surface area (Å²) in [5.41, 5.74) is 2.18. The number of carbonyl (C=O) groups is 1. The first-order valence-corrected chi connectivity index (χ1v) is 12.0. The molecule has 1 N–H and O–H groups in total. The number of nitrogens with one attached hydrogen (secondary N) is 1. The molecule has 0 bridgehead atoms. The van der Waals surface area contributed by atoms with E-state index in [1.54, 1.807) is 18.5 Å². The van der Waals surface area contributed by atoms with E-state index in [4.69, 9.17) is 0 Å². The first-order chi connectivity index (χ1) is 16.9. The molecule has 0 unspecified atom stereocenters. The normalized spacial score (nSPS) is 11.6. The Balaban J connectivity index is 1.29. The van der Waals surface area contributed by atoms with Gasteiger partial charge in [0.25, 0.3) is 5.95 Å². The minimum Gasteiger partial charge on any atom is -0.425 e. The van der Waals surface area contributed by atoms with Crippen molar-refractivity contribution >= 4 is 45.2 Å². The lowest BCUT2D eigenvalue weighted by Gasteiger charge is -2.16. The highest BCUT2D eigenvalue weighted by atomic mass is 32.2. The molecule has 0 aliphatic carbocycles. The van der Waals surface area contributed by atoms with Gasteiger partial charge in [0.05, 0.1) is 16.7 Å². The quantitative estimate of drug-likeness (QED) is 0.310. The maximum Gasteiger partial charge on any atom is 0.482 e. The van der Waals surface area contributed by atoms with E-state index in [0.29, 0.717) is 22.6 Å². The summed E-state index contributed by atoms with van der Waals surface area (Å²) in [6.07, 6.45) is -4.06. The largest absolute Gasteiger partial charge is 0.482 e. The molecule has 14 heteroatoms. The molecule has 5 rings (SSSR count). The molecule has 35 heavy (non-hydrogen) atoms. The smallest absolute Gasteiger partial charge is 0.425 e. The second-order valence-corrected chi connectivity index (χ2v) is 8.94. The van der Waals surface area contributed by atoms with Crippen molar-refractivity contribution in [2.75, 3.05) is 5.32 Å². The van der Waals surface area contributed by atoms with Gasteiger partial charge in [0.1, 0.15) is 5.75 Å². The van der Waals surface area contributed by atoms with E-state index in [1.165, 1.54) is 40.7 Å². The van der Waals surface area contributed by atoms with E-state index in [1.807, 2.05) is 28.8 Å². The van der Waals surface area contributed by atoms with Crippen molar-refractivity contribution in [1.82, 2.24) is 34.7 Å². The molecule has 10 nitrogen and oxygen atoms in total. The van der Waals surface area contributed by atoms with Crippen LogP contribution in [0.15, 0.2) is 65.1 Å². The lowest BCUT2D eigenvalue weighted by Crippen LogP contribution is -2.39. The van der Waals surface area contributed by atoms with Gasteiger partial charge in [0.15, 0.2) is 10.3 Å². The van der Waals surface area contributed by atoms with E-state index in [0.717, 1.165) is 22.4 Å². The number of imidazole rings is 1. The minimum absolute atomic E-state index is 0.0351. The molecule has 0 saturated heterocycles. The number of hydrogen-bond donors (Lipinski definition) is 1. The Bertz CT molecular complexity index is 1490. The average Bonchev–Trinajstić information content (AvgIpc) is 3.56. The van der Waals surface area contributed by atoms with Crippen LogP contribution in [-0.2, 0) is 17.6 Å². The topological polar surface area (TPSA) is 113 Å². The van der Waals surface area contributed by atoms with E-state index in [2.05, 4.69) is 35.5 Å². The number of rotatable bonds is 8. The van der Waals surface area contributed by atoms with Gasteiger partial charge >= 0.3 is 12.0 Å². The van der Waals surface area contributed by atoms with Crippen LogP contribution in [-0.4, -0.2) is 46.8 Å². The lowest BCUT2D eigenvalue weighted by atomic mass is 10.3.